The molecule has 2 aromatic rings. The number of ether oxygens (including phenoxy) is 2. The predicted molar refractivity (Wildman–Crippen MR) is 98.5 cm³/mol. The number of hydrogen-bond donors (Lipinski definition) is 2. The average Bonchev–Trinajstić information content (AvgIpc) is 3.31. The third-order valence-corrected chi connectivity index (χ3v) is 6.27. The molecule has 2 aliphatic rings. The molecule has 1 fully saturated rings. The molecule has 1 aliphatic heterocycles. The van der Waals surface area contributed by atoms with Crippen LogP contribution in [0.3, 0.4) is 0 Å². The first-order chi connectivity index (χ1) is 12.9. The van der Waals surface area contributed by atoms with Gasteiger partial charge in [-0.15, -0.1) is 0 Å². The molecule has 9 heteroatoms. The first-order valence-electron chi connectivity index (χ1n) is 8.41. The highest BCUT2D eigenvalue weighted by molar-refractivity contribution is 7.89. The average molecular weight is 409 g/mol. The zero-order valence-corrected chi connectivity index (χ0v) is 15.8. The minimum Gasteiger partial charge on any atom is -0.454 e. The molecule has 1 heterocycles. The van der Waals surface area contributed by atoms with E-state index in [2.05, 4.69) is 10.0 Å². The van der Waals surface area contributed by atoms with E-state index in [9.17, 15) is 13.2 Å². The van der Waals surface area contributed by atoms with Gasteiger partial charge in [0.05, 0.1) is 5.02 Å². The largest absolute Gasteiger partial charge is 0.454 e. The molecule has 0 radical (unpaired) electrons. The Bertz CT molecular complexity index is 1000. The molecule has 4 rings (SSSR count). The van der Waals surface area contributed by atoms with Crippen molar-refractivity contribution in [2.75, 3.05) is 6.79 Å². The molecular formula is C18H17ClN2O5S. The molecule has 0 atom stereocenters. The smallest absolute Gasteiger partial charge is 0.251 e. The molecule has 1 saturated carbocycles. The lowest BCUT2D eigenvalue weighted by Gasteiger charge is -2.10. The molecule has 7 nitrogen and oxygen atoms in total. The summed E-state index contributed by atoms with van der Waals surface area (Å²) in [5, 5.41) is 2.84. The molecule has 1 aliphatic carbocycles. The van der Waals surface area contributed by atoms with Crippen molar-refractivity contribution in [3.63, 3.8) is 0 Å². The van der Waals surface area contributed by atoms with E-state index < -0.39 is 15.9 Å². The second-order valence-corrected chi connectivity index (χ2v) is 8.50. The lowest BCUT2D eigenvalue weighted by molar-refractivity contribution is 0.0950. The number of nitrogens with one attached hydrogen (secondary N) is 2. The number of carbonyl (C=O) groups is 1. The van der Waals surface area contributed by atoms with Crippen LogP contribution in [0.2, 0.25) is 5.02 Å². The van der Waals surface area contributed by atoms with Crippen molar-refractivity contribution >= 4 is 27.5 Å². The molecule has 0 spiro atoms. The summed E-state index contributed by atoms with van der Waals surface area (Å²) in [6, 6.07) is 9.55. The number of amides is 1. The van der Waals surface area contributed by atoms with Gasteiger partial charge in [-0.1, -0.05) is 17.7 Å². The number of carbonyl (C=O) groups excluding carboxylic acids is 1. The minimum absolute atomic E-state index is 0.0467. The number of fused-ring (bicyclic) bond motifs is 1. The molecular weight excluding hydrogens is 392 g/mol. The van der Waals surface area contributed by atoms with Gasteiger partial charge in [-0.2, -0.15) is 0 Å². The molecule has 0 aromatic heterocycles. The Morgan fingerprint density at radius 1 is 1.11 bits per heavy atom. The summed E-state index contributed by atoms with van der Waals surface area (Å²) >= 11 is 6.04. The highest BCUT2D eigenvalue weighted by atomic mass is 35.5. The Morgan fingerprint density at radius 2 is 1.89 bits per heavy atom. The summed E-state index contributed by atoms with van der Waals surface area (Å²) < 4.78 is 38.0. The number of benzene rings is 2. The summed E-state index contributed by atoms with van der Waals surface area (Å²) in [5.74, 6) is 0.903. The zero-order chi connectivity index (χ0) is 19.0. The van der Waals surface area contributed by atoms with Crippen LogP contribution in [0.1, 0.15) is 28.8 Å². The first-order valence-corrected chi connectivity index (χ1v) is 10.3. The maximum Gasteiger partial charge on any atom is 0.251 e. The van der Waals surface area contributed by atoms with Crippen LogP contribution in [0.25, 0.3) is 0 Å². The fourth-order valence-corrected chi connectivity index (χ4v) is 4.50. The first kappa shape index (κ1) is 18.1. The van der Waals surface area contributed by atoms with Gasteiger partial charge >= 0.3 is 0 Å². The van der Waals surface area contributed by atoms with Crippen LogP contribution < -0.4 is 19.5 Å². The second-order valence-electron chi connectivity index (χ2n) is 6.41. The van der Waals surface area contributed by atoms with E-state index in [1.165, 1.54) is 18.2 Å². The Balaban J connectivity index is 1.48. The number of rotatable bonds is 6. The number of halogens is 1. The van der Waals surface area contributed by atoms with E-state index in [-0.39, 0.29) is 34.9 Å². The molecule has 2 aromatic carbocycles. The number of hydrogen-bond acceptors (Lipinski definition) is 5. The van der Waals surface area contributed by atoms with Gasteiger partial charge in [-0.05, 0) is 48.7 Å². The molecule has 2 N–H and O–H groups in total. The monoisotopic (exact) mass is 408 g/mol. The maximum atomic E-state index is 12.5. The van der Waals surface area contributed by atoms with Crippen LogP contribution in [-0.4, -0.2) is 27.2 Å². The second kappa shape index (κ2) is 7.03. The van der Waals surface area contributed by atoms with Crippen molar-refractivity contribution < 1.29 is 22.7 Å². The highest BCUT2D eigenvalue weighted by Gasteiger charge is 2.29. The van der Waals surface area contributed by atoms with E-state index in [4.69, 9.17) is 21.1 Å². The Morgan fingerprint density at radius 3 is 2.67 bits per heavy atom. The van der Waals surface area contributed by atoms with Crippen molar-refractivity contribution in [2.45, 2.75) is 30.3 Å². The Labute approximate surface area is 161 Å². The zero-order valence-electron chi connectivity index (χ0n) is 14.2. The number of sulfonamides is 1. The van der Waals surface area contributed by atoms with Crippen LogP contribution in [0.15, 0.2) is 41.3 Å². The van der Waals surface area contributed by atoms with Gasteiger partial charge in [-0.3, -0.25) is 4.79 Å². The van der Waals surface area contributed by atoms with Gasteiger partial charge in [0.1, 0.15) is 4.90 Å². The van der Waals surface area contributed by atoms with Gasteiger partial charge in [-0.25, -0.2) is 13.1 Å². The van der Waals surface area contributed by atoms with Crippen molar-refractivity contribution in [2.24, 2.45) is 0 Å². The quantitative estimate of drug-likeness (QED) is 0.765. The molecule has 1 amide bonds. The minimum atomic E-state index is -3.75. The van der Waals surface area contributed by atoms with Crippen LogP contribution >= 0.6 is 11.6 Å². The van der Waals surface area contributed by atoms with Crippen LogP contribution in [-0.2, 0) is 16.6 Å². The lowest BCUT2D eigenvalue weighted by Crippen LogP contribution is -2.27. The Hall–Kier alpha value is -2.29. The summed E-state index contributed by atoms with van der Waals surface area (Å²) in [7, 11) is -3.75. The van der Waals surface area contributed by atoms with Crippen molar-refractivity contribution in [1.82, 2.24) is 10.0 Å². The van der Waals surface area contributed by atoms with E-state index in [0.29, 0.717) is 11.5 Å². The van der Waals surface area contributed by atoms with Crippen LogP contribution in [0, 0.1) is 0 Å². The van der Waals surface area contributed by atoms with Gasteiger partial charge in [0.15, 0.2) is 11.5 Å². The van der Waals surface area contributed by atoms with Crippen LogP contribution in [0.4, 0.5) is 0 Å². The Kier molecular flexibility index (Phi) is 4.71. The molecule has 0 bridgehead atoms. The summed E-state index contributed by atoms with van der Waals surface area (Å²) in [5.41, 5.74) is 1.06. The summed E-state index contributed by atoms with van der Waals surface area (Å²) in [4.78, 5) is 12.4. The fraction of sp³-hybridized carbons (Fsp3) is 0.278. The SMILES string of the molecule is O=C(NCc1ccc2c(c1)OCO2)c1ccc(Cl)c(S(=O)(=O)NC2CC2)c1. The molecule has 142 valence electrons. The maximum absolute atomic E-state index is 12.5. The van der Waals surface area contributed by atoms with Gasteiger partial charge in [0.2, 0.25) is 16.8 Å². The van der Waals surface area contributed by atoms with Crippen molar-refractivity contribution in [3.8, 4) is 11.5 Å². The van der Waals surface area contributed by atoms with Gasteiger partial charge in [0.25, 0.3) is 5.91 Å². The third kappa shape index (κ3) is 4.02. The van der Waals surface area contributed by atoms with E-state index >= 15 is 0 Å². The molecule has 27 heavy (non-hydrogen) atoms. The topological polar surface area (TPSA) is 93.7 Å². The molecule has 0 saturated heterocycles. The molecule has 0 unspecified atom stereocenters. The van der Waals surface area contributed by atoms with Gasteiger partial charge in [0, 0.05) is 18.2 Å². The van der Waals surface area contributed by atoms with Crippen LogP contribution in [0.5, 0.6) is 11.5 Å². The standard InChI is InChI=1S/C18H17ClN2O5S/c19-14-5-2-12(8-17(14)27(23,24)21-13-3-4-13)18(22)20-9-11-1-6-15-16(7-11)26-10-25-15/h1-2,5-8,13,21H,3-4,9-10H2,(H,20,22). The normalized spacial score (nSPS) is 15.6. The van der Waals surface area contributed by atoms with Crippen molar-refractivity contribution in [1.29, 1.82) is 0 Å². The third-order valence-electron chi connectivity index (χ3n) is 4.27. The fourth-order valence-electron chi connectivity index (χ4n) is 2.67. The van der Waals surface area contributed by atoms with E-state index in [1.54, 1.807) is 12.1 Å². The van der Waals surface area contributed by atoms with E-state index in [0.717, 1.165) is 18.4 Å². The van der Waals surface area contributed by atoms with E-state index in [1.807, 2.05) is 6.07 Å². The highest BCUT2D eigenvalue weighted by Crippen LogP contribution is 2.32. The summed E-state index contributed by atoms with van der Waals surface area (Å²) in [6.45, 7) is 0.447. The lowest BCUT2D eigenvalue weighted by atomic mass is 10.1. The van der Waals surface area contributed by atoms with Gasteiger partial charge < -0.3 is 14.8 Å². The predicted octanol–water partition coefficient (Wildman–Crippen LogP) is 2.44. The summed E-state index contributed by atoms with van der Waals surface area (Å²) in [6.07, 6.45) is 1.62. The van der Waals surface area contributed by atoms with Crippen molar-refractivity contribution in [3.05, 3.63) is 52.5 Å².